The first-order chi connectivity index (χ1) is 9.20. The van der Waals surface area contributed by atoms with Crippen molar-refractivity contribution in [2.24, 2.45) is 0 Å². The molecule has 0 radical (unpaired) electrons. The fourth-order valence-corrected chi connectivity index (χ4v) is 1.90. The molecule has 1 N–H and O–H groups in total. The molecule has 6 nitrogen and oxygen atoms in total. The Hall–Kier alpha value is -2.24. The zero-order valence-electron chi connectivity index (χ0n) is 10.7. The molecule has 1 atom stereocenters. The summed E-state index contributed by atoms with van der Waals surface area (Å²) >= 11 is 0. The molecule has 0 aromatic heterocycles. The lowest BCUT2D eigenvalue weighted by molar-refractivity contribution is 0.107. The van der Waals surface area contributed by atoms with Crippen molar-refractivity contribution in [1.82, 2.24) is 10.4 Å². The van der Waals surface area contributed by atoms with Gasteiger partial charge < -0.3 is 9.47 Å². The third-order valence-electron chi connectivity index (χ3n) is 2.76. The highest BCUT2D eigenvalue weighted by atomic mass is 16.6. The maximum Gasteiger partial charge on any atom is 0.429 e. The summed E-state index contributed by atoms with van der Waals surface area (Å²) in [7, 11) is 0. The van der Waals surface area contributed by atoms with Gasteiger partial charge in [-0.25, -0.2) is 20.0 Å². The van der Waals surface area contributed by atoms with E-state index in [1.165, 1.54) is 5.01 Å². The second kappa shape index (κ2) is 6.08. The average Bonchev–Trinajstić information content (AvgIpc) is 2.73. The molecule has 2 amide bonds. The molecule has 1 heterocycles. The molecule has 0 saturated carbocycles. The number of hydrazine groups is 1. The highest BCUT2D eigenvalue weighted by molar-refractivity contribution is 5.75. The molecule has 0 spiro atoms. The SMILES string of the molecule is CCOC(=O)NN1C(=O)OC[C@H]1Cc1ccccc1. The van der Waals surface area contributed by atoms with Gasteiger partial charge in [-0.3, -0.25) is 0 Å². The summed E-state index contributed by atoms with van der Waals surface area (Å²) in [6.45, 7) is 2.20. The first kappa shape index (κ1) is 13.2. The molecule has 102 valence electrons. The predicted octanol–water partition coefficient (Wildman–Crippen LogP) is 1.71. The molecule has 1 aromatic rings. The van der Waals surface area contributed by atoms with E-state index < -0.39 is 12.2 Å². The van der Waals surface area contributed by atoms with Gasteiger partial charge >= 0.3 is 12.2 Å². The standard InChI is InChI=1S/C13H16N2O4/c1-2-18-12(16)14-15-11(9-19-13(15)17)8-10-6-4-3-5-7-10/h3-7,11H,2,8-9H2,1H3,(H,14,16)/t11-/m1/s1. The number of hydrogen-bond donors (Lipinski definition) is 1. The van der Waals surface area contributed by atoms with E-state index >= 15 is 0 Å². The van der Waals surface area contributed by atoms with E-state index in [4.69, 9.17) is 9.47 Å². The summed E-state index contributed by atoms with van der Waals surface area (Å²) in [5.74, 6) is 0. The number of nitrogens with zero attached hydrogens (tertiary/aromatic N) is 1. The van der Waals surface area contributed by atoms with Crippen LogP contribution in [0.3, 0.4) is 0 Å². The van der Waals surface area contributed by atoms with Crippen LogP contribution in [-0.4, -0.2) is 36.5 Å². The molecule has 1 aliphatic rings. The zero-order valence-corrected chi connectivity index (χ0v) is 10.7. The number of hydrogen-bond acceptors (Lipinski definition) is 4. The lowest BCUT2D eigenvalue weighted by atomic mass is 10.1. The molecule has 1 fully saturated rings. The summed E-state index contributed by atoms with van der Waals surface area (Å²) in [5.41, 5.74) is 3.47. The van der Waals surface area contributed by atoms with E-state index in [1.807, 2.05) is 30.3 Å². The maximum absolute atomic E-state index is 11.5. The Morgan fingerprint density at radius 1 is 1.47 bits per heavy atom. The monoisotopic (exact) mass is 264 g/mol. The van der Waals surface area contributed by atoms with Gasteiger partial charge in [0.15, 0.2) is 0 Å². The van der Waals surface area contributed by atoms with Gasteiger partial charge in [0.25, 0.3) is 0 Å². The number of nitrogens with one attached hydrogen (secondary N) is 1. The Balaban J connectivity index is 1.99. The number of cyclic esters (lactones) is 1. The lowest BCUT2D eigenvalue weighted by Gasteiger charge is -2.21. The van der Waals surface area contributed by atoms with E-state index in [9.17, 15) is 9.59 Å². The molecule has 6 heteroatoms. The van der Waals surface area contributed by atoms with Crippen molar-refractivity contribution in [3.05, 3.63) is 35.9 Å². The van der Waals surface area contributed by atoms with Crippen LogP contribution in [0.15, 0.2) is 30.3 Å². The van der Waals surface area contributed by atoms with Crippen LogP contribution in [-0.2, 0) is 15.9 Å². The van der Waals surface area contributed by atoms with Gasteiger partial charge in [-0.2, -0.15) is 0 Å². The molecule has 2 rings (SSSR count). The Morgan fingerprint density at radius 3 is 2.89 bits per heavy atom. The van der Waals surface area contributed by atoms with Crippen LogP contribution in [0, 0.1) is 0 Å². The molecule has 0 bridgehead atoms. The maximum atomic E-state index is 11.5. The lowest BCUT2D eigenvalue weighted by Crippen LogP contribution is -2.48. The molecule has 0 aliphatic carbocycles. The summed E-state index contributed by atoms with van der Waals surface area (Å²) in [4.78, 5) is 22.9. The summed E-state index contributed by atoms with van der Waals surface area (Å²) in [5, 5.41) is 1.19. The summed E-state index contributed by atoms with van der Waals surface area (Å²) in [6, 6.07) is 9.48. The second-order valence-corrected chi connectivity index (χ2v) is 4.12. The van der Waals surface area contributed by atoms with Gasteiger partial charge in [0.05, 0.1) is 12.6 Å². The minimum atomic E-state index is -0.653. The van der Waals surface area contributed by atoms with Gasteiger partial charge in [-0.1, -0.05) is 30.3 Å². The van der Waals surface area contributed by atoms with E-state index in [0.717, 1.165) is 5.56 Å². The number of ether oxygens (including phenoxy) is 2. The normalized spacial score (nSPS) is 18.1. The van der Waals surface area contributed by atoms with Gasteiger partial charge in [-0.15, -0.1) is 0 Å². The molecule has 1 saturated heterocycles. The predicted molar refractivity (Wildman–Crippen MR) is 67.3 cm³/mol. The molecule has 1 aliphatic heterocycles. The van der Waals surface area contributed by atoms with Crippen molar-refractivity contribution in [1.29, 1.82) is 0 Å². The van der Waals surface area contributed by atoms with Crippen molar-refractivity contribution in [3.8, 4) is 0 Å². The molecular weight excluding hydrogens is 248 g/mol. The van der Waals surface area contributed by atoms with Crippen molar-refractivity contribution < 1.29 is 19.1 Å². The average molecular weight is 264 g/mol. The van der Waals surface area contributed by atoms with Crippen LogP contribution in [0.4, 0.5) is 9.59 Å². The third-order valence-corrected chi connectivity index (χ3v) is 2.76. The number of carbonyl (C=O) groups is 2. The van der Waals surface area contributed by atoms with Crippen molar-refractivity contribution in [3.63, 3.8) is 0 Å². The van der Waals surface area contributed by atoms with Gasteiger partial charge in [-0.05, 0) is 18.9 Å². The van der Waals surface area contributed by atoms with Crippen LogP contribution in [0.5, 0.6) is 0 Å². The Kier molecular flexibility index (Phi) is 4.22. The van der Waals surface area contributed by atoms with Gasteiger partial charge in [0, 0.05) is 0 Å². The Bertz CT molecular complexity index is 449. The first-order valence-electron chi connectivity index (χ1n) is 6.14. The quantitative estimate of drug-likeness (QED) is 0.899. The molecule has 0 unspecified atom stereocenters. The van der Waals surface area contributed by atoms with Crippen LogP contribution in [0.2, 0.25) is 0 Å². The molecular formula is C13H16N2O4. The van der Waals surface area contributed by atoms with Crippen LogP contribution >= 0.6 is 0 Å². The summed E-state index contributed by atoms with van der Waals surface area (Å²) in [6.07, 6.45) is -0.604. The Morgan fingerprint density at radius 2 is 2.21 bits per heavy atom. The van der Waals surface area contributed by atoms with E-state index in [2.05, 4.69) is 5.43 Å². The van der Waals surface area contributed by atoms with Gasteiger partial charge in [0.2, 0.25) is 0 Å². The Labute approximate surface area is 111 Å². The van der Waals surface area contributed by atoms with Crippen LogP contribution in [0.1, 0.15) is 12.5 Å². The zero-order chi connectivity index (χ0) is 13.7. The second-order valence-electron chi connectivity index (χ2n) is 4.12. The minimum absolute atomic E-state index is 0.223. The molecule has 19 heavy (non-hydrogen) atoms. The van der Waals surface area contributed by atoms with E-state index in [1.54, 1.807) is 6.92 Å². The van der Waals surface area contributed by atoms with Crippen molar-refractivity contribution in [2.75, 3.05) is 13.2 Å². The number of carbonyl (C=O) groups excluding carboxylic acids is 2. The highest BCUT2D eigenvalue weighted by Gasteiger charge is 2.34. The van der Waals surface area contributed by atoms with Crippen molar-refractivity contribution in [2.45, 2.75) is 19.4 Å². The smallest absolute Gasteiger partial charge is 0.429 e. The van der Waals surface area contributed by atoms with E-state index in [0.29, 0.717) is 6.42 Å². The minimum Gasteiger partial charge on any atom is -0.449 e. The van der Waals surface area contributed by atoms with Gasteiger partial charge in [0.1, 0.15) is 6.61 Å². The third kappa shape index (κ3) is 3.37. The van der Waals surface area contributed by atoms with Crippen molar-refractivity contribution >= 4 is 12.2 Å². The largest absolute Gasteiger partial charge is 0.449 e. The number of benzene rings is 1. The number of amides is 2. The topological polar surface area (TPSA) is 67.9 Å². The summed E-state index contributed by atoms with van der Waals surface area (Å²) < 4.78 is 9.70. The first-order valence-corrected chi connectivity index (χ1v) is 6.14. The fraction of sp³-hybridized carbons (Fsp3) is 0.385. The van der Waals surface area contributed by atoms with Crippen LogP contribution in [0.25, 0.3) is 0 Å². The van der Waals surface area contributed by atoms with E-state index in [-0.39, 0.29) is 19.3 Å². The fourth-order valence-electron chi connectivity index (χ4n) is 1.90. The highest BCUT2D eigenvalue weighted by Crippen LogP contribution is 2.15. The van der Waals surface area contributed by atoms with Crippen LogP contribution < -0.4 is 5.43 Å². The molecule has 1 aromatic carbocycles. The number of rotatable bonds is 4.